The van der Waals surface area contributed by atoms with Crippen molar-refractivity contribution in [3.63, 3.8) is 0 Å². The van der Waals surface area contributed by atoms with Gasteiger partial charge in [0.1, 0.15) is 5.56 Å². The molecule has 0 bridgehead atoms. The van der Waals surface area contributed by atoms with Crippen LogP contribution in [-0.2, 0) is 20.9 Å². The summed E-state index contributed by atoms with van der Waals surface area (Å²) in [5.41, 5.74) is 3.61. The second-order valence-corrected chi connectivity index (χ2v) is 4.95. The van der Waals surface area contributed by atoms with E-state index >= 15 is 0 Å². The Balaban J connectivity index is 2.63. The number of carbonyl (C=O) groups is 3. The lowest BCUT2D eigenvalue weighted by Gasteiger charge is -2.21. The van der Waals surface area contributed by atoms with Crippen molar-refractivity contribution in [2.24, 2.45) is 0 Å². The van der Waals surface area contributed by atoms with Crippen molar-refractivity contribution in [2.45, 2.75) is 34.2 Å². The highest BCUT2D eigenvalue weighted by atomic mass is 16.5. The zero-order chi connectivity index (χ0) is 17.9. The molecule has 0 aliphatic heterocycles. The summed E-state index contributed by atoms with van der Waals surface area (Å²) in [7, 11) is 0. The molecule has 2 rings (SSSR count). The monoisotopic (exact) mass is 333 g/mol. The Kier molecular flexibility index (Phi) is 5.12. The summed E-state index contributed by atoms with van der Waals surface area (Å²) < 4.78 is 6.66. The number of aromatic nitrogens is 3. The number of rotatable bonds is 5. The molecule has 0 unspecified atom stereocenters. The highest BCUT2D eigenvalue weighted by Crippen LogP contribution is 2.27. The Hall–Kier alpha value is -2.97. The van der Waals surface area contributed by atoms with Crippen molar-refractivity contribution in [2.75, 3.05) is 12.0 Å². The van der Waals surface area contributed by atoms with Crippen LogP contribution in [0.25, 0.3) is 11.0 Å². The molecular weight excluding hydrogens is 314 g/mol. The number of hydrogen-bond acceptors (Lipinski definition) is 7. The molecule has 1 N–H and O–H groups in total. The fourth-order valence-electron chi connectivity index (χ4n) is 2.23. The van der Waals surface area contributed by atoms with Crippen molar-refractivity contribution >= 4 is 34.5 Å². The number of anilines is 1. The number of hydrogen-bond donors (Lipinski definition) is 1. The standard InChI is InChI=1S/C15H19N5O4/c1-5-19-14-11(8-17-19)13(18-20(9(3)21)10(4)22)12(7-16-14)15(23)24-6-2/h7-8H,5-6H2,1-4H3,(H,16,18). The Bertz CT molecular complexity index is 785. The van der Waals surface area contributed by atoms with E-state index in [0.717, 1.165) is 5.01 Å². The molecule has 9 nitrogen and oxygen atoms in total. The minimum Gasteiger partial charge on any atom is -0.462 e. The van der Waals surface area contributed by atoms with Crippen LogP contribution in [0.4, 0.5) is 5.69 Å². The summed E-state index contributed by atoms with van der Waals surface area (Å²) >= 11 is 0. The Morgan fingerprint density at radius 1 is 1.21 bits per heavy atom. The van der Waals surface area contributed by atoms with Gasteiger partial charge in [-0.3, -0.25) is 15.0 Å². The van der Waals surface area contributed by atoms with Gasteiger partial charge in [0.25, 0.3) is 0 Å². The van der Waals surface area contributed by atoms with Crippen LogP contribution < -0.4 is 5.43 Å². The maximum Gasteiger partial charge on any atom is 0.341 e. The molecule has 128 valence electrons. The van der Waals surface area contributed by atoms with Crippen LogP contribution in [0.15, 0.2) is 12.4 Å². The molecule has 0 aliphatic carbocycles. The van der Waals surface area contributed by atoms with E-state index in [1.807, 2.05) is 6.92 Å². The Labute approximate surface area is 138 Å². The van der Waals surface area contributed by atoms with Crippen molar-refractivity contribution in [1.29, 1.82) is 0 Å². The van der Waals surface area contributed by atoms with Gasteiger partial charge < -0.3 is 4.74 Å². The van der Waals surface area contributed by atoms with Gasteiger partial charge in [-0.2, -0.15) is 10.1 Å². The quantitative estimate of drug-likeness (QED) is 0.650. The van der Waals surface area contributed by atoms with Crippen molar-refractivity contribution in [3.8, 4) is 0 Å². The number of nitrogens with zero attached hydrogens (tertiary/aromatic N) is 4. The molecule has 0 aromatic carbocycles. The lowest BCUT2D eigenvalue weighted by molar-refractivity contribution is -0.140. The molecule has 2 aromatic heterocycles. The molecule has 0 radical (unpaired) electrons. The van der Waals surface area contributed by atoms with Gasteiger partial charge in [0.15, 0.2) is 5.65 Å². The number of aryl methyl sites for hydroxylation is 1. The van der Waals surface area contributed by atoms with Gasteiger partial charge in [0, 0.05) is 26.6 Å². The van der Waals surface area contributed by atoms with E-state index in [1.165, 1.54) is 26.2 Å². The molecular formula is C15H19N5O4. The van der Waals surface area contributed by atoms with E-state index in [9.17, 15) is 14.4 Å². The van der Waals surface area contributed by atoms with Gasteiger partial charge in [-0.1, -0.05) is 0 Å². The van der Waals surface area contributed by atoms with E-state index in [4.69, 9.17) is 4.74 Å². The van der Waals surface area contributed by atoms with E-state index in [1.54, 1.807) is 11.6 Å². The van der Waals surface area contributed by atoms with Gasteiger partial charge in [-0.05, 0) is 13.8 Å². The number of hydrazine groups is 1. The fourth-order valence-corrected chi connectivity index (χ4v) is 2.23. The first kappa shape index (κ1) is 17.4. The number of amides is 2. The van der Waals surface area contributed by atoms with Crippen LogP contribution in [-0.4, -0.2) is 44.2 Å². The third-order valence-electron chi connectivity index (χ3n) is 3.31. The van der Waals surface area contributed by atoms with Gasteiger partial charge in [-0.15, -0.1) is 0 Å². The smallest absolute Gasteiger partial charge is 0.341 e. The van der Waals surface area contributed by atoms with Gasteiger partial charge in [0.2, 0.25) is 11.8 Å². The molecule has 2 aromatic rings. The minimum absolute atomic E-state index is 0.118. The molecule has 2 heterocycles. The first-order chi connectivity index (χ1) is 11.4. The highest BCUT2D eigenvalue weighted by molar-refractivity contribution is 6.05. The average Bonchev–Trinajstić information content (AvgIpc) is 2.95. The maximum atomic E-state index is 12.2. The van der Waals surface area contributed by atoms with E-state index in [-0.39, 0.29) is 17.9 Å². The number of nitrogens with one attached hydrogen (secondary N) is 1. The number of ether oxygens (including phenoxy) is 1. The Morgan fingerprint density at radius 3 is 2.42 bits per heavy atom. The fraction of sp³-hybridized carbons (Fsp3) is 0.400. The number of fused-ring (bicyclic) bond motifs is 1. The molecule has 9 heteroatoms. The van der Waals surface area contributed by atoms with E-state index < -0.39 is 17.8 Å². The Morgan fingerprint density at radius 2 is 1.88 bits per heavy atom. The van der Waals surface area contributed by atoms with Crippen LogP contribution in [0.1, 0.15) is 38.1 Å². The number of carbonyl (C=O) groups excluding carboxylic acids is 3. The molecule has 0 fully saturated rings. The lowest BCUT2D eigenvalue weighted by Crippen LogP contribution is -2.39. The summed E-state index contributed by atoms with van der Waals surface area (Å²) in [5, 5.41) is 5.52. The predicted molar refractivity (Wildman–Crippen MR) is 86.0 cm³/mol. The summed E-state index contributed by atoms with van der Waals surface area (Å²) in [6.45, 7) is 6.84. The first-order valence-electron chi connectivity index (χ1n) is 7.50. The van der Waals surface area contributed by atoms with Crippen LogP contribution >= 0.6 is 0 Å². The van der Waals surface area contributed by atoms with Crippen LogP contribution in [0, 0.1) is 0 Å². The van der Waals surface area contributed by atoms with Gasteiger partial charge >= 0.3 is 5.97 Å². The minimum atomic E-state index is -0.606. The topological polar surface area (TPSA) is 106 Å². The van der Waals surface area contributed by atoms with Crippen LogP contribution in [0.3, 0.4) is 0 Å². The summed E-state index contributed by atoms with van der Waals surface area (Å²) in [4.78, 5) is 39.8. The first-order valence-corrected chi connectivity index (χ1v) is 7.50. The third-order valence-corrected chi connectivity index (χ3v) is 3.31. The van der Waals surface area contributed by atoms with E-state index in [2.05, 4.69) is 15.5 Å². The summed E-state index contributed by atoms with van der Waals surface area (Å²) in [6.07, 6.45) is 2.87. The average molecular weight is 333 g/mol. The zero-order valence-electron chi connectivity index (χ0n) is 14.0. The van der Waals surface area contributed by atoms with Crippen LogP contribution in [0.5, 0.6) is 0 Å². The van der Waals surface area contributed by atoms with Crippen LogP contribution in [0.2, 0.25) is 0 Å². The van der Waals surface area contributed by atoms with Gasteiger partial charge in [0.05, 0.1) is 23.9 Å². The lowest BCUT2D eigenvalue weighted by atomic mass is 10.2. The molecule has 0 spiro atoms. The summed E-state index contributed by atoms with van der Waals surface area (Å²) in [5.74, 6) is -1.62. The number of esters is 1. The second-order valence-electron chi connectivity index (χ2n) is 4.95. The zero-order valence-corrected chi connectivity index (χ0v) is 14.0. The molecule has 24 heavy (non-hydrogen) atoms. The SMILES string of the molecule is CCOC(=O)c1cnc2c(cnn2CC)c1NN(C(C)=O)C(C)=O. The normalized spacial score (nSPS) is 10.5. The van der Waals surface area contributed by atoms with Crippen molar-refractivity contribution in [3.05, 3.63) is 18.0 Å². The third kappa shape index (κ3) is 3.19. The number of pyridine rings is 1. The van der Waals surface area contributed by atoms with Crippen molar-refractivity contribution < 1.29 is 19.1 Å². The van der Waals surface area contributed by atoms with Gasteiger partial charge in [-0.25, -0.2) is 14.5 Å². The highest BCUT2D eigenvalue weighted by Gasteiger charge is 2.23. The van der Waals surface area contributed by atoms with E-state index in [0.29, 0.717) is 17.6 Å². The largest absolute Gasteiger partial charge is 0.462 e. The predicted octanol–water partition coefficient (Wildman–Crippen LogP) is 1.35. The number of imide groups is 1. The van der Waals surface area contributed by atoms with Crippen molar-refractivity contribution in [1.82, 2.24) is 19.8 Å². The molecule has 0 atom stereocenters. The maximum absolute atomic E-state index is 12.2. The summed E-state index contributed by atoms with van der Waals surface area (Å²) in [6, 6.07) is 0. The molecule has 0 saturated carbocycles. The molecule has 0 saturated heterocycles. The second kappa shape index (κ2) is 7.07. The molecule has 2 amide bonds. The molecule has 0 aliphatic rings.